The lowest BCUT2D eigenvalue weighted by atomic mass is 9.94. The van der Waals surface area contributed by atoms with Crippen molar-refractivity contribution in [2.24, 2.45) is 0 Å². The van der Waals surface area contributed by atoms with Crippen LogP contribution in [0.5, 0.6) is 0 Å². The molecule has 0 aliphatic carbocycles. The average molecular weight is 1830 g/mol. The van der Waals surface area contributed by atoms with E-state index in [4.69, 9.17) is 44.9 Å². The van der Waals surface area contributed by atoms with E-state index in [0.29, 0.717) is 52.4 Å². The van der Waals surface area contributed by atoms with Gasteiger partial charge in [0, 0.05) is 127 Å². The molecule has 0 N–H and O–H groups in total. The lowest BCUT2D eigenvalue weighted by Gasteiger charge is -2.12. The van der Waals surface area contributed by atoms with Crippen molar-refractivity contribution in [3.63, 3.8) is 0 Å². The van der Waals surface area contributed by atoms with Crippen LogP contribution in [0.15, 0.2) is 479 Å². The second-order valence-electron chi connectivity index (χ2n) is 34.5. The van der Waals surface area contributed by atoms with Crippen LogP contribution in [0, 0.1) is 0 Å². The van der Waals surface area contributed by atoms with Crippen molar-refractivity contribution in [3.8, 4) is 158 Å². The molecule has 6 heterocycles. The third-order valence-electron chi connectivity index (χ3n) is 26.0. The van der Waals surface area contributed by atoms with E-state index in [1.807, 2.05) is 155 Å². The van der Waals surface area contributed by atoms with Crippen LogP contribution in [0.4, 0.5) is 0 Å². The molecular formula is C127H79N9S3. The van der Waals surface area contributed by atoms with Crippen molar-refractivity contribution in [3.05, 3.63) is 479 Å². The van der Waals surface area contributed by atoms with Crippen LogP contribution in [0.3, 0.4) is 0 Å². The molecule has 0 spiro atoms. The quantitative estimate of drug-likeness (QED) is 0.105. The Balaban J connectivity index is 0.000000110. The topological polar surface area (TPSA) is 116 Å². The first kappa shape index (κ1) is 83.2. The zero-order valence-corrected chi connectivity index (χ0v) is 77.3. The van der Waals surface area contributed by atoms with E-state index in [9.17, 15) is 0 Å². The summed E-state index contributed by atoms with van der Waals surface area (Å²) in [4.78, 5) is 45.1. The number of nitrogens with zero attached hydrogens (tertiary/aromatic N) is 9. The molecular weight excluding hydrogens is 1750 g/mol. The maximum absolute atomic E-state index is 5.10. The summed E-state index contributed by atoms with van der Waals surface area (Å²) in [6.07, 6.45) is 0. The summed E-state index contributed by atoms with van der Waals surface area (Å²) in [6, 6.07) is 168. The van der Waals surface area contributed by atoms with E-state index >= 15 is 0 Å². The van der Waals surface area contributed by atoms with Gasteiger partial charge >= 0.3 is 0 Å². The second-order valence-corrected chi connectivity index (χ2v) is 37.7. The molecule has 0 aliphatic rings. The van der Waals surface area contributed by atoms with Crippen molar-refractivity contribution in [1.82, 2.24) is 44.9 Å². The molecule has 0 radical (unpaired) electrons. The summed E-state index contributed by atoms with van der Waals surface area (Å²) in [5.41, 5.74) is 20.7. The first-order valence-corrected chi connectivity index (χ1v) is 48.9. The Morgan fingerprint density at radius 1 is 0.115 bits per heavy atom. The minimum absolute atomic E-state index is 0.650. The summed E-state index contributed by atoms with van der Waals surface area (Å²) in [5, 5.41) is 17.4. The molecule has 12 heteroatoms. The third-order valence-corrected chi connectivity index (χ3v) is 29.7. The summed E-state index contributed by atoms with van der Waals surface area (Å²) in [7, 11) is 0. The molecule has 27 rings (SSSR count). The molecule has 0 amide bonds. The minimum Gasteiger partial charge on any atom is -0.208 e. The lowest BCUT2D eigenvalue weighted by Crippen LogP contribution is -2.00. The summed E-state index contributed by atoms with van der Waals surface area (Å²) < 4.78 is 7.72. The fourth-order valence-electron chi connectivity index (χ4n) is 19.0. The van der Waals surface area contributed by atoms with Gasteiger partial charge in [-0.2, -0.15) is 0 Å². The normalized spacial score (nSPS) is 11.5. The molecule has 21 aromatic carbocycles. The number of thiophene rings is 3. The Kier molecular flexibility index (Phi) is 21.7. The van der Waals surface area contributed by atoms with Crippen LogP contribution < -0.4 is 0 Å². The van der Waals surface area contributed by atoms with E-state index in [1.54, 1.807) is 0 Å². The van der Waals surface area contributed by atoms with E-state index in [0.717, 1.165) is 66.6 Å². The van der Waals surface area contributed by atoms with Crippen LogP contribution in [-0.4, -0.2) is 44.9 Å². The van der Waals surface area contributed by atoms with Gasteiger partial charge in [-0.15, -0.1) is 34.0 Å². The Morgan fingerprint density at radius 3 is 0.950 bits per heavy atom. The van der Waals surface area contributed by atoms with Gasteiger partial charge in [0.2, 0.25) is 0 Å². The van der Waals surface area contributed by atoms with Gasteiger partial charge in [0.15, 0.2) is 52.4 Å². The maximum Gasteiger partial charge on any atom is 0.164 e. The molecule has 9 nitrogen and oxygen atoms in total. The van der Waals surface area contributed by atoms with Crippen LogP contribution in [0.2, 0.25) is 0 Å². The highest BCUT2D eigenvalue weighted by Gasteiger charge is 2.23. The number of rotatable bonds is 14. The second kappa shape index (κ2) is 36.3. The van der Waals surface area contributed by atoms with Crippen LogP contribution >= 0.6 is 34.0 Å². The minimum atomic E-state index is 0.650. The van der Waals surface area contributed by atoms with Gasteiger partial charge in [0.1, 0.15) is 0 Å². The monoisotopic (exact) mass is 1830 g/mol. The predicted molar refractivity (Wildman–Crippen MR) is 584 cm³/mol. The van der Waals surface area contributed by atoms with Crippen LogP contribution in [0.25, 0.3) is 262 Å². The molecule has 0 bridgehead atoms. The number of benzene rings is 21. The van der Waals surface area contributed by atoms with Gasteiger partial charge in [0.05, 0.1) is 0 Å². The van der Waals surface area contributed by atoms with Crippen molar-refractivity contribution in [1.29, 1.82) is 0 Å². The molecule has 0 saturated heterocycles. The smallest absolute Gasteiger partial charge is 0.164 e. The zero-order chi connectivity index (χ0) is 92.1. The fourth-order valence-corrected chi connectivity index (χ4v) is 22.7. The van der Waals surface area contributed by atoms with E-state index < -0.39 is 0 Å². The number of hydrogen-bond donors (Lipinski definition) is 0. The Labute approximate surface area is 813 Å². The number of fused-ring (bicyclic) bond motifs is 16. The highest BCUT2D eigenvalue weighted by atomic mass is 32.1. The largest absolute Gasteiger partial charge is 0.208 e. The Morgan fingerprint density at radius 2 is 0.403 bits per heavy atom. The molecule has 6 aromatic heterocycles. The summed E-state index contributed by atoms with van der Waals surface area (Å²) in [6.45, 7) is 0. The van der Waals surface area contributed by atoms with Gasteiger partial charge in [0.25, 0.3) is 0 Å². The first-order chi connectivity index (χ1) is 68.8. The molecule has 0 atom stereocenters. The van der Waals surface area contributed by atoms with E-state index in [2.05, 4.69) is 358 Å². The van der Waals surface area contributed by atoms with E-state index in [-0.39, 0.29) is 0 Å². The Bertz CT molecular complexity index is 9270. The molecule has 139 heavy (non-hydrogen) atoms. The van der Waals surface area contributed by atoms with Crippen LogP contribution in [0.1, 0.15) is 0 Å². The molecule has 0 fully saturated rings. The zero-order valence-electron chi connectivity index (χ0n) is 74.9. The molecule has 0 saturated carbocycles. The number of hydrogen-bond acceptors (Lipinski definition) is 12. The molecule has 650 valence electrons. The molecule has 0 aliphatic heterocycles. The first-order valence-electron chi connectivity index (χ1n) is 46.4. The predicted octanol–water partition coefficient (Wildman–Crippen LogP) is 34.7. The van der Waals surface area contributed by atoms with Gasteiger partial charge in [-0.05, 0) is 125 Å². The van der Waals surface area contributed by atoms with Gasteiger partial charge < -0.3 is 0 Å². The summed E-state index contributed by atoms with van der Waals surface area (Å²) in [5.74, 6) is 5.93. The standard InChI is InChI=1S/2C43H27N3S.C41H25N3S/c1-4-12-28(13-5-1)29-20-22-32(23-21-29)42-44-41(31-16-8-3-9-17-31)45-43(46-42)33-24-25-35-37(26-33)36(30-14-6-2-7-15-30)27-38-34-18-10-11-19-39(34)47-40(35)38;1-4-11-28(12-5-1)30-19-21-32(22-20-30)42-44-41(31-15-8-3-9-16-31)45-43(46-42)38-18-10-17-36-34(38)25-26-37-35-24-23-33(27-39(35)47-40(36)37)29-13-6-2-7-14-29;1-3-11-28(12-4-1)39-42-40(29-13-5-2-6-14-29)44-41(43-39)31-19-18-27-20-22-34-36-24-30(21-23-37(36)45-38(34)35(27)25-31)33-17-9-15-26-10-7-8-16-32(26)33/h2*1-27H;1-25H. The van der Waals surface area contributed by atoms with Crippen LogP contribution in [-0.2, 0) is 0 Å². The maximum atomic E-state index is 5.10. The van der Waals surface area contributed by atoms with E-state index in [1.165, 1.54) is 143 Å². The van der Waals surface area contributed by atoms with Gasteiger partial charge in [-0.1, -0.05) is 437 Å². The number of aromatic nitrogens is 9. The van der Waals surface area contributed by atoms with Crippen molar-refractivity contribution < 1.29 is 0 Å². The van der Waals surface area contributed by atoms with Crippen molar-refractivity contribution in [2.45, 2.75) is 0 Å². The Hall–Kier alpha value is -17.7. The highest BCUT2D eigenvalue weighted by Crippen LogP contribution is 2.48. The van der Waals surface area contributed by atoms with Gasteiger partial charge in [-0.25, -0.2) is 44.9 Å². The molecule has 0 unspecified atom stereocenters. The van der Waals surface area contributed by atoms with Gasteiger partial charge in [-0.3, -0.25) is 0 Å². The van der Waals surface area contributed by atoms with Crippen molar-refractivity contribution >= 4 is 138 Å². The summed E-state index contributed by atoms with van der Waals surface area (Å²) >= 11 is 5.55. The average Bonchev–Trinajstić information content (AvgIpc) is 1.65. The highest BCUT2D eigenvalue weighted by molar-refractivity contribution is 7.27. The van der Waals surface area contributed by atoms with Crippen molar-refractivity contribution in [2.75, 3.05) is 0 Å². The SMILES string of the molecule is c1ccc(-c2ccc(-c3nc(-c4ccccc4)nc(-c4ccc5c(c4)c(-c4ccccc4)cc4c6ccccc6sc54)n3)cc2)cc1.c1ccc(-c2ccc(-c3nc(-c4ccccc4)nc(-c4cccc5c4ccc4c6ccc(-c7ccccc7)cc6sc54)n3)cc2)cc1.c1ccc(-c2nc(-c3ccccc3)nc(-c3ccc4ccc5c6cc(-c7cccc8ccccc78)ccc6sc5c4c3)n2)cc1. The third kappa shape index (κ3) is 16.2. The fraction of sp³-hybridized carbons (Fsp3) is 0. The molecule has 27 aromatic rings. The lowest BCUT2D eigenvalue weighted by molar-refractivity contribution is 1.07.